The molecular formula is C20H26N2O3. The van der Waals surface area contributed by atoms with E-state index in [1.54, 1.807) is 6.26 Å². The standard InChI is InChI=1S/C20H26N2O3/c1-2-24-15-16-9-5-6-10-17(16)21-20(23)22-13-7-3-4-11-18(22)19-12-8-14-25-19/h5-6,8-10,12,14,18H,2-4,7,11,13,15H2,1H3,(H,21,23)/t18-/m0/s1. The molecule has 5 heteroatoms. The zero-order valence-corrected chi connectivity index (χ0v) is 14.7. The average Bonchev–Trinajstić information content (AvgIpc) is 3.05. The number of benzene rings is 1. The highest BCUT2D eigenvalue weighted by Crippen LogP contribution is 2.31. The van der Waals surface area contributed by atoms with Gasteiger partial charge >= 0.3 is 6.03 Å². The lowest BCUT2D eigenvalue weighted by Gasteiger charge is -2.29. The van der Waals surface area contributed by atoms with Gasteiger partial charge in [-0.05, 0) is 38.0 Å². The Morgan fingerprint density at radius 3 is 2.92 bits per heavy atom. The minimum Gasteiger partial charge on any atom is -0.467 e. The van der Waals surface area contributed by atoms with Gasteiger partial charge in [0.1, 0.15) is 5.76 Å². The number of anilines is 1. The van der Waals surface area contributed by atoms with Gasteiger partial charge < -0.3 is 19.4 Å². The third kappa shape index (κ3) is 4.42. The van der Waals surface area contributed by atoms with Gasteiger partial charge in [-0.3, -0.25) is 0 Å². The third-order valence-corrected chi connectivity index (χ3v) is 4.61. The molecule has 0 aliphatic carbocycles. The van der Waals surface area contributed by atoms with Gasteiger partial charge in [0, 0.05) is 24.4 Å². The minimum absolute atomic E-state index is 0.00319. The van der Waals surface area contributed by atoms with Gasteiger partial charge in [0.15, 0.2) is 0 Å². The molecule has 2 aromatic rings. The fourth-order valence-electron chi connectivity index (χ4n) is 3.30. The van der Waals surface area contributed by atoms with Crippen LogP contribution in [-0.4, -0.2) is 24.1 Å². The number of urea groups is 1. The van der Waals surface area contributed by atoms with E-state index in [0.717, 1.165) is 49.2 Å². The highest BCUT2D eigenvalue weighted by Gasteiger charge is 2.28. The zero-order chi connectivity index (χ0) is 17.5. The van der Waals surface area contributed by atoms with Crippen molar-refractivity contribution in [2.24, 2.45) is 0 Å². The molecule has 1 fully saturated rings. The molecule has 1 atom stereocenters. The lowest BCUT2D eigenvalue weighted by Crippen LogP contribution is -2.38. The summed E-state index contributed by atoms with van der Waals surface area (Å²) in [6.45, 7) is 3.85. The zero-order valence-electron chi connectivity index (χ0n) is 14.7. The molecule has 1 aromatic heterocycles. The van der Waals surface area contributed by atoms with Gasteiger partial charge in [0.25, 0.3) is 0 Å². The number of amides is 2. The number of likely N-dealkylation sites (tertiary alicyclic amines) is 1. The first-order chi connectivity index (χ1) is 12.3. The number of rotatable bonds is 5. The molecule has 1 N–H and O–H groups in total. The van der Waals surface area contributed by atoms with Crippen LogP contribution in [0.5, 0.6) is 0 Å². The molecule has 2 heterocycles. The van der Waals surface area contributed by atoms with E-state index in [2.05, 4.69) is 5.32 Å². The largest absolute Gasteiger partial charge is 0.467 e. The maximum absolute atomic E-state index is 13.0. The molecule has 0 spiro atoms. The molecule has 0 saturated carbocycles. The lowest BCUT2D eigenvalue weighted by atomic mass is 10.1. The van der Waals surface area contributed by atoms with Crippen molar-refractivity contribution in [2.75, 3.05) is 18.5 Å². The van der Waals surface area contributed by atoms with E-state index in [1.807, 2.05) is 48.2 Å². The fraction of sp³-hybridized carbons (Fsp3) is 0.450. The van der Waals surface area contributed by atoms with Crippen molar-refractivity contribution in [1.82, 2.24) is 4.90 Å². The minimum atomic E-state index is -0.0766. The summed E-state index contributed by atoms with van der Waals surface area (Å²) < 4.78 is 11.1. The second-order valence-electron chi connectivity index (χ2n) is 6.30. The fourth-order valence-corrected chi connectivity index (χ4v) is 3.30. The van der Waals surface area contributed by atoms with Crippen LogP contribution >= 0.6 is 0 Å². The van der Waals surface area contributed by atoms with E-state index in [-0.39, 0.29) is 12.1 Å². The molecule has 0 unspecified atom stereocenters. The van der Waals surface area contributed by atoms with Crippen LogP contribution in [0.2, 0.25) is 0 Å². The number of ether oxygens (including phenoxy) is 1. The maximum Gasteiger partial charge on any atom is 0.322 e. The van der Waals surface area contributed by atoms with Crippen molar-refractivity contribution in [2.45, 2.75) is 45.3 Å². The second kappa shape index (κ2) is 8.72. The number of carbonyl (C=O) groups excluding carboxylic acids is 1. The summed E-state index contributed by atoms with van der Waals surface area (Å²) in [5, 5.41) is 3.07. The molecule has 1 aromatic carbocycles. The molecule has 0 radical (unpaired) electrons. The molecular weight excluding hydrogens is 316 g/mol. The molecule has 25 heavy (non-hydrogen) atoms. The predicted octanol–water partition coefficient (Wildman–Crippen LogP) is 4.97. The smallest absolute Gasteiger partial charge is 0.322 e. The molecule has 2 amide bonds. The normalized spacial score (nSPS) is 18.0. The van der Waals surface area contributed by atoms with Crippen LogP contribution in [-0.2, 0) is 11.3 Å². The highest BCUT2D eigenvalue weighted by atomic mass is 16.5. The van der Waals surface area contributed by atoms with Gasteiger partial charge in [-0.2, -0.15) is 0 Å². The Hall–Kier alpha value is -2.27. The SMILES string of the molecule is CCOCc1ccccc1NC(=O)N1CCCCC[C@H]1c1ccco1. The molecule has 3 rings (SSSR count). The molecule has 5 nitrogen and oxygen atoms in total. The van der Waals surface area contributed by atoms with E-state index < -0.39 is 0 Å². The van der Waals surface area contributed by atoms with Gasteiger partial charge in [0.05, 0.1) is 18.9 Å². The number of hydrogen-bond acceptors (Lipinski definition) is 3. The highest BCUT2D eigenvalue weighted by molar-refractivity contribution is 5.90. The van der Waals surface area contributed by atoms with Crippen LogP contribution in [0.4, 0.5) is 10.5 Å². The number of nitrogens with zero attached hydrogens (tertiary/aromatic N) is 1. The summed E-state index contributed by atoms with van der Waals surface area (Å²) in [5.41, 5.74) is 1.80. The van der Waals surface area contributed by atoms with E-state index in [0.29, 0.717) is 13.2 Å². The Labute approximate surface area is 149 Å². The van der Waals surface area contributed by atoms with Gasteiger partial charge in [-0.1, -0.05) is 31.0 Å². The lowest BCUT2D eigenvalue weighted by molar-refractivity contribution is 0.134. The Bertz CT molecular complexity index is 669. The number of para-hydroxylation sites is 1. The quantitative estimate of drug-likeness (QED) is 0.835. The number of nitrogens with one attached hydrogen (secondary N) is 1. The average molecular weight is 342 g/mol. The van der Waals surface area contributed by atoms with Gasteiger partial charge in [-0.15, -0.1) is 0 Å². The van der Waals surface area contributed by atoms with E-state index in [9.17, 15) is 4.79 Å². The van der Waals surface area contributed by atoms with E-state index in [1.165, 1.54) is 0 Å². The first-order valence-electron chi connectivity index (χ1n) is 9.06. The monoisotopic (exact) mass is 342 g/mol. The third-order valence-electron chi connectivity index (χ3n) is 4.61. The van der Waals surface area contributed by atoms with Gasteiger partial charge in [0.2, 0.25) is 0 Å². The summed E-state index contributed by atoms with van der Waals surface area (Å²) in [5.74, 6) is 0.861. The number of furan rings is 1. The summed E-state index contributed by atoms with van der Waals surface area (Å²) in [6, 6.07) is 11.6. The van der Waals surface area contributed by atoms with Gasteiger partial charge in [-0.25, -0.2) is 4.79 Å². The first-order valence-corrected chi connectivity index (χ1v) is 9.06. The van der Waals surface area contributed by atoms with Crippen molar-refractivity contribution in [3.8, 4) is 0 Å². The Balaban J connectivity index is 1.76. The van der Waals surface area contributed by atoms with Crippen LogP contribution in [0.15, 0.2) is 47.1 Å². The number of carbonyl (C=O) groups is 1. The maximum atomic E-state index is 13.0. The molecule has 134 valence electrons. The van der Waals surface area contributed by atoms with E-state index >= 15 is 0 Å². The van der Waals surface area contributed by atoms with Crippen molar-refractivity contribution in [3.63, 3.8) is 0 Å². The van der Waals surface area contributed by atoms with Crippen molar-refractivity contribution >= 4 is 11.7 Å². The van der Waals surface area contributed by atoms with Crippen LogP contribution in [0, 0.1) is 0 Å². The number of hydrogen-bond donors (Lipinski definition) is 1. The van der Waals surface area contributed by atoms with Crippen LogP contribution in [0.1, 0.15) is 50.0 Å². The summed E-state index contributed by atoms with van der Waals surface area (Å²) in [6.07, 6.45) is 5.87. The van der Waals surface area contributed by atoms with Crippen LogP contribution in [0.3, 0.4) is 0 Å². The molecule has 1 saturated heterocycles. The molecule has 0 bridgehead atoms. The molecule has 1 aliphatic rings. The Morgan fingerprint density at radius 1 is 1.24 bits per heavy atom. The molecule has 1 aliphatic heterocycles. The van der Waals surface area contributed by atoms with Crippen molar-refractivity contribution < 1.29 is 13.9 Å². The topological polar surface area (TPSA) is 54.7 Å². The van der Waals surface area contributed by atoms with Crippen molar-refractivity contribution in [3.05, 3.63) is 54.0 Å². The predicted molar refractivity (Wildman–Crippen MR) is 97.4 cm³/mol. The van der Waals surface area contributed by atoms with Crippen LogP contribution < -0.4 is 5.32 Å². The van der Waals surface area contributed by atoms with Crippen LogP contribution in [0.25, 0.3) is 0 Å². The first kappa shape index (κ1) is 17.5. The second-order valence-corrected chi connectivity index (χ2v) is 6.30. The summed E-state index contributed by atoms with van der Waals surface area (Å²) in [4.78, 5) is 14.9. The van der Waals surface area contributed by atoms with E-state index in [4.69, 9.17) is 9.15 Å². The Kier molecular flexibility index (Phi) is 6.12. The summed E-state index contributed by atoms with van der Waals surface area (Å²) >= 11 is 0. The Morgan fingerprint density at radius 2 is 2.12 bits per heavy atom. The summed E-state index contributed by atoms with van der Waals surface area (Å²) in [7, 11) is 0. The van der Waals surface area contributed by atoms with Crippen molar-refractivity contribution in [1.29, 1.82) is 0 Å².